The van der Waals surface area contributed by atoms with Crippen molar-refractivity contribution in [2.45, 2.75) is 51.9 Å². The summed E-state index contributed by atoms with van der Waals surface area (Å²) >= 11 is 0. The van der Waals surface area contributed by atoms with E-state index in [-0.39, 0.29) is 6.04 Å². The molecule has 0 bridgehead atoms. The minimum absolute atomic E-state index is 0.0323. The largest absolute Gasteiger partial charge is 0.444 e. The number of carbonyl (C=O) groups excluding carboxylic acids is 1. The summed E-state index contributed by atoms with van der Waals surface area (Å²) in [6.45, 7) is 9.28. The predicted molar refractivity (Wildman–Crippen MR) is 64.8 cm³/mol. The Kier molecular flexibility index (Phi) is 4.74. The van der Waals surface area contributed by atoms with E-state index in [4.69, 9.17) is 4.74 Å². The summed E-state index contributed by atoms with van der Waals surface area (Å²) in [5.74, 6) is 0. The lowest BCUT2D eigenvalue weighted by Gasteiger charge is -2.24. The van der Waals surface area contributed by atoms with Crippen LogP contribution in [0.25, 0.3) is 0 Å². The third-order valence-corrected chi connectivity index (χ3v) is 2.51. The summed E-state index contributed by atoms with van der Waals surface area (Å²) in [6, 6.07) is -0.0323. The minimum atomic E-state index is -0.719. The van der Waals surface area contributed by atoms with Gasteiger partial charge in [-0.3, -0.25) is 4.90 Å². The molecule has 5 heteroatoms. The lowest BCUT2D eigenvalue weighted by molar-refractivity contribution is 0.0499. The Labute approximate surface area is 102 Å². The summed E-state index contributed by atoms with van der Waals surface area (Å²) in [5.41, 5.74) is -0.485. The number of alkyl halides is 1. The summed E-state index contributed by atoms with van der Waals surface area (Å²) in [6.07, 6.45) is -0.538. The highest BCUT2D eigenvalue weighted by atomic mass is 19.1. The van der Waals surface area contributed by atoms with Crippen LogP contribution in [0.3, 0.4) is 0 Å². The van der Waals surface area contributed by atoms with E-state index in [2.05, 4.69) is 5.32 Å². The number of nitrogens with one attached hydrogen (secondary N) is 1. The second-order valence-electron chi connectivity index (χ2n) is 5.69. The van der Waals surface area contributed by atoms with E-state index in [1.807, 2.05) is 32.6 Å². The Morgan fingerprint density at radius 3 is 2.71 bits per heavy atom. The van der Waals surface area contributed by atoms with Crippen LogP contribution >= 0.6 is 0 Å². The van der Waals surface area contributed by atoms with Crippen molar-refractivity contribution in [2.24, 2.45) is 0 Å². The summed E-state index contributed by atoms with van der Waals surface area (Å²) in [4.78, 5) is 13.5. The first kappa shape index (κ1) is 14.2. The minimum Gasteiger partial charge on any atom is -0.444 e. The lowest BCUT2D eigenvalue weighted by Crippen LogP contribution is -2.43. The highest BCUT2D eigenvalue weighted by Crippen LogP contribution is 2.12. The average molecular weight is 246 g/mol. The van der Waals surface area contributed by atoms with Crippen molar-refractivity contribution in [1.29, 1.82) is 0 Å². The molecule has 100 valence electrons. The van der Waals surface area contributed by atoms with E-state index in [0.717, 1.165) is 6.54 Å². The summed E-state index contributed by atoms with van der Waals surface area (Å²) in [5, 5.41) is 2.75. The summed E-state index contributed by atoms with van der Waals surface area (Å²) < 4.78 is 18.1. The predicted octanol–water partition coefficient (Wildman–Crippen LogP) is 1.94. The van der Waals surface area contributed by atoms with E-state index >= 15 is 0 Å². The molecule has 2 atom stereocenters. The topological polar surface area (TPSA) is 41.6 Å². The number of alkyl carbamates (subject to hydrolysis) is 1. The van der Waals surface area contributed by atoms with E-state index in [0.29, 0.717) is 19.5 Å². The first-order valence-electron chi connectivity index (χ1n) is 6.12. The molecule has 1 N–H and O–H groups in total. The molecule has 0 aromatic rings. The van der Waals surface area contributed by atoms with Crippen LogP contribution in [0.4, 0.5) is 9.18 Å². The quantitative estimate of drug-likeness (QED) is 0.827. The molecule has 1 rings (SSSR count). The van der Waals surface area contributed by atoms with Gasteiger partial charge in [0.15, 0.2) is 0 Å². The Morgan fingerprint density at radius 2 is 2.24 bits per heavy atom. The van der Waals surface area contributed by atoms with Crippen molar-refractivity contribution in [2.75, 3.05) is 19.6 Å². The van der Waals surface area contributed by atoms with Gasteiger partial charge in [0.05, 0.1) is 0 Å². The number of hydrogen-bond donors (Lipinski definition) is 1. The van der Waals surface area contributed by atoms with Crippen molar-refractivity contribution in [1.82, 2.24) is 10.2 Å². The van der Waals surface area contributed by atoms with Gasteiger partial charge in [-0.25, -0.2) is 9.18 Å². The molecule has 0 aromatic heterocycles. The molecular formula is C12H23FN2O2. The van der Waals surface area contributed by atoms with Gasteiger partial charge in [0.1, 0.15) is 11.8 Å². The second-order valence-corrected chi connectivity index (χ2v) is 5.69. The van der Waals surface area contributed by atoms with Gasteiger partial charge < -0.3 is 10.1 Å². The van der Waals surface area contributed by atoms with Crippen LogP contribution in [0.5, 0.6) is 0 Å². The van der Waals surface area contributed by atoms with Gasteiger partial charge in [0.2, 0.25) is 0 Å². The van der Waals surface area contributed by atoms with Gasteiger partial charge in [-0.2, -0.15) is 0 Å². The Bertz CT molecular complexity index is 266. The molecular weight excluding hydrogens is 223 g/mol. The molecule has 0 spiro atoms. The highest BCUT2D eigenvalue weighted by molar-refractivity contribution is 5.68. The van der Waals surface area contributed by atoms with Gasteiger partial charge >= 0.3 is 6.09 Å². The zero-order valence-corrected chi connectivity index (χ0v) is 11.1. The number of carbonyl (C=O) groups is 1. The van der Waals surface area contributed by atoms with Crippen molar-refractivity contribution < 1.29 is 13.9 Å². The van der Waals surface area contributed by atoms with Gasteiger partial charge in [0.25, 0.3) is 0 Å². The van der Waals surface area contributed by atoms with Crippen LogP contribution < -0.4 is 5.32 Å². The van der Waals surface area contributed by atoms with Gasteiger partial charge in [-0.15, -0.1) is 0 Å². The van der Waals surface area contributed by atoms with Crippen LogP contribution in [0.15, 0.2) is 0 Å². The molecule has 1 aliphatic heterocycles. The zero-order chi connectivity index (χ0) is 13.1. The Morgan fingerprint density at radius 1 is 1.59 bits per heavy atom. The summed E-state index contributed by atoms with van der Waals surface area (Å²) in [7, 11) is 0. The number of nitrogens with zero attached hydrogens (tertiary/aromatic N) is 1. The molecule has 0 aliphatic carbocycles. The fourth-order valence-electron chi connectivity index (χ4n) is 1.89. The van der Waals surface area contributed by atoms with Crippen molar-refractivity contribution >= 4 is 6.09 Å². The molecule has 1 heterocycles. The number of ether oxygens (including phenoxy) is 1. The normalized spacial score (nSPS) is 23.5. The van der Waals surface area contributed by atoms with Crippen molar-refractivity contribution in [3.63, 3.8) is 0 Å². The molecule has 0 radical (unpaired) electrons. The first-order chi connectivity index (χ1) is 7.76. The maximum absolute atomic E-state index is 13.0. The maximum Gasteiger partial charge on any atom is 0.407 e. The average Bonchev–Trinajstić information content (AvgIpc) is 2.46. The number of amides is 1. The molecule has 1 aliphatic rings. The van der Waals surface area contributed by atoms with Crippen LogP contribution in [-0.2, 0) is 4.74 Å². The highest BCUT2D eigenvalue weighted by Gasteiger charge is 2.24. The molecule has 1 amide bonds. The molecule has 0 saturated carbocycles. The molecule has 1 saturated heterocycles. The van der Waals surface area contributed by atoms with E-state index in [1.165, 1.54) is 0 Å². The SMILES string of the molecule is CC(CN1CCC(F)C1)NC(=O)OC(C)(C)C. The van der Waals surface area contributed by atoms with Crippen LogP contribution in [-0.4, -0.2) is 48.4 Å². The van der Waals surface area contributed by atoms with E-state index in [9.17, 15) is 9.18 Å². The smallest absolute Gasteiger partial charge is 0.407 e. The lowest BCUT2D eigenvalue weighted by atomic mass is 10.2. The van der Waals surface area contributed by atoms with Gasteiger partial charge in [0, 0.05) is 25.7 Å². The van der Waals surface area contributed by atoms with Crippen molar-refractivity contribution in [3.05, 3.63) is 0 Å². The molecule has 4 nitrogen and oxygen atoms in total. The molecule has 17 heavy (non-hydrogen) atoms. The molecule has 0 aromatic carbocycles. The third-order valence-electron chi connectivity index (χ3n) is 2.51. The van der Waals surface area contributed by atoms with E-state index < -0.39 is 17.9 Å². The third kappa shape index (κ3) is 5.86. The number of rotatable bonds is 3. The second kappa shape index (κ2) is 5.67. The van der Waals surface area contributed by atoms with Crippen LogP contribution in [0, 0.1) is 0 Å². The monoisotopic (exact) mass is 246 g/mol. The fraction of sp³-hybridized carbons (Fsp3) is 0.917. The van der Waals surface area contributed by atoms with Gasteiger partial charge in [-0.1, -0.05) is 0 Å². The fourth-order valence-corrected chi connectivity index (χ4v) is 1.89. The first-order valence-corrected chi connectivity index (χ1v) is 6.12. The Hall–Kier alpha value is -0.840. The number of likely N-dealkylation sites (tertiary alicyclic amines) is 1. The van der Waals surface area contributed by atoms with Crippen LogP contribution in [0.1, 0.15) is 34.1 Å². The van der Waals surface area contributed by atoms with Crippen molar-refractivity contribution in [3.8, 4) is 0 Å². The van der Waals surface area contributed by atoms with E-state index in [1.54, 1.807) is 0 Å². The zero-order valence-electron chi connectivity index (χ0n) is 11.1. The maximum atomic E-state index is 13.0. The Balaban J connectivity index is 2.25. The standard InChI is InChI=1S/C12H23FN2O2/c1-9(7-15-6-5-10(13)8-15)14-11(16)17-12(2,3)4/h9-10H,5-8H2,1-4H3,(H,14,16). The molecule has 2 unspecified atom stereocenters. The van der Waals surface area contributed by atoms with Crippen LogP contribution in [0.2, 0.25) is 0 Å². The molecule has 1 fully saturated rings. The van der Waals surface area contributed by atoms with Gasteiger partial charge in [-0.05, 0) is 34.1 Å². The number of halogens is 1. The number of hydrogen-bond acceptors (Lipinski definition) is 3.